The van der Waals surface area contributed by atoms with Crippen molar-refractivity contribution in [2.24, 2.45) is 0 Å². The minimum atomic E-state index is -4.31. The number of carbonyl (C=O) groups is 1. The molecule has 8 nitrogen and oxygen atoms in total. The average molecular weight is 620 g/mol. The van der Waals surface area contributed by atoms with E-state index in [-0.39, 0.29) is 19.1 Å². The molecule has 3 unspecified atom stereocenters. The third-order valence-electron chi connectivity index (χ3n) is 7.51. The van der Waals surface area contributed by atoms with Gasteiger partial charge in [0.2, 0.25) is 5.91 Å². The molecule has 9 heteroatoms. The molecule has 3 N–H and O–H groups in total. The van der Waals surface area contributed by atoms with Crippen molar-refractivity contribution in [1.82, 2.24) is 5.32 Å². The lowest BCUT2D eigenvalue weighted by atomic mass is 10.0. The molecular weight excluding hydrogens is 551 g/mol. The molecule has 1 amide bonds. The van der Waals surface area contributed by atoms with Crippen LogP contribution in [0.3, 0.4) is 0 Å². The lowest BCUT2D eigenvalue weighted by molar-refractivity contribution is -0.870. The summed E-state index contributed by atoms with van der Waals surface area (Å²) in [6.07, 6.45) is 25.7. The van der Waals surface area contributed by atoms with Crippen LogP contribution in [-0.4, -0.2) is 73.4 Å². The van der Waals surface area contributed by atoms with Crippen LogP contribution in [0.15, 0.2) is 12.2 Å². The van der Waals surface area contributed by atoms with Gasteiger partial charge in [0, 0.05) is 6.42 Å². The fourth-order valence-corrected chi connectivity index (χ4v) is 5.42. The van der Waals surface area contributed by atoms with Gasteiger partial charge in [0.25, 0.3) is 0 Å². The van der Waals surface area contributed by atoms with Crippen molar-refractivity contribution < 1.29 is 32.9 Å². The van der Waals surface area contributed by atoms with Crippen LogP contribution in [0.2, 0.25) is 0 Å². The number of rotatable bonds is 30. The summed E-state index contributed by atoms with van der Waals surface area (Å²) in [6, 6.07) is -0.835. The number of aliphatic hydroxyl groups excluding tert-OH is 1. The lowest BCUT2D eigenvalue weighted by Crippen LogP contribution is -2.45. The van der Waals surface area contributed by atoms with Crippen molar-refractivity contribution in [3.63, 3.8) is 0 Å². The van der Waals surface area contributed by atoms with Crippen molar-refractivity contribution in [2.75, 3.05) is 40.9 Å². The van der Waals surface area contributed by atoms with Crippen LogP contribution in [0.1, 0.15) is 142 Å². The molecule has 0 spiro atoms. The normalized spacial score (nSPS) is 15.1. The second kappa shape index (κ2) is 26.6. The van der Waals surface area contributed by atoms with Gasteiger partial charge in [-0.05, 0) is 19.3 Å². The van der Waals surface area contributed by atoms with Gasteiger partial charge in [-0.25, -0.2) is 4.57 Å². The van der Waals surface area contributed by atoms with E-state index in [1.807, 2.05) is 27.2 Å². The topological polar surface area (TPSA) is 105 Å². The molecule has 0 aromatic carbocycles. The van der Waals surface area contributed by atoms with Crippen molar-refractivity contribution >= 4 is 13.7 Å². The number of likely N-dealkylation sites (N-methyl/N-ethyl adjacent to an activating group) is 1. The van der Waals surface area contributed by atoms with E-state index in [1.54, 1.807) is 6.08 Å². The van der Waals surface area contributed by atoms with Crippen LogP contribution in [0.5, 0.6) is 0 Å². The number of nitrogens with one attached hydrogen (secondary N) is 1. The van der Waals surface area contributed by atoms with E-state index in [9.17, 15) is 19.4 Å². The molecule has 3 atom stereocenters. The first-order valence-electron chi connectivity index (χ1n) is 17.1. The Bertz CT molecular complexity index is 713. The van der Waals surface area contributed by atoms with Crippen LogP contribution in [0.4, 0.5) is 0 Å². The van der Waals surface area contributed by atoms with Gasteiger partial charge in [0.15, 0.2) is 0 Å². The van der Waals surface area contributed by atoms with Crippen LogP contribution < -0.4 is 5.32 Å². The Morgan fingerprint density at radius 2 is 1.26 bits per heavy atom. The summed E-state index contributed by atoms with van der Waals surface area (Å²) in [5.41, 5.74) is 0. The van der Waals surface area contributed by atoms with E-state index in [0.717, 1.165) is 38.5 Å². The SMILES string of the molecule is CCCCCCCCCCCCC/C=C/C(O)C(COP(=O)(O)OCC[N+](C)(C)C)NC(=O)CCCCCCCCC. The van der Waals surface area contributed by atoms with Gasteiger partial charge in [-0.3, -0.25) is 13.8 Å². The molecule has 0 aliphatic carbocycles. The fraction of sp³-hybridized carbons (Fsp3) is 0.909. The van der Waals surface area contributed by atoms with Gasteiger partial charge in [0.1, 0.15) is 13.2 Å². The highest BCUT2D eigenvalue weighted by Crippen LogP contribution is 2.43. The summed E-state index contributed by atoms with van der Waals surface area (Å²) in [4.78, 5) is 22.8. The minimum absolute atomic E-state index is 0.0635. The average Bonchev–Trinajstić information content (AvgIpc) is 2.92. The van der Waals surface area contributed by atoms with Crippen molar-refractivity contribution in [3.05, 3.63) is 12.2 Å². The summed E-state index contributed by atoms with van der Waals surface area (Å²) in [5, 5.41) is 13.6. The van der Waals surface area contributed by atoms with Crippen LogP contribution >= 0.6 is 7.82 Å². The fourth-order valence-electron chi connectivity index (χ4n) is 4.69. The zero-order valence-electron chi connectivity index (χ0n) is 28.0. The number of allylic oxidation sites excluding steroid dienone is 1. The molecule has 0 fully saturated rings. The zero-order chi connectivity index (χ0) is 31.5. The molecule has 0 aliphatic heterocycles. The quantitative estimate of drug-likeness (QED) is 0.0325. The van der Waals surface area contributed by atoms with Crippen molar-refractivity contribution in [2.45, 2.75) is 154 Å². The molecule has 0 saturated heterocycles. The summed E-state index contributed by atoms with van der Waals surface area (Å²) in [5.74, 6) is -0.186. The van der Waals surface area contributed by atoms with E-state index in [1.165, 1.54) is 83.5 Å². The van der Waals surface area contributed by atoms with Gasteiger partial charge in [-0.15, -0.1) is 0 Å². The molecule has 0 bridgehead atoms. The first-order chi connectivity index (χ1) is 20.0. The number of hydrogen-bond donors (Lipinski definition) is 3. The molecule has 0 radical (unpaired) electrons. The maximum atomic E-state index is 12.6. The van der Waals surface area contributed by atoms with E-state index in [4.69, 9.17) is 9.05 Å². The predicted octanol–water partition coefficient (Wildman–Crippen LogP) is 8.07. The Balaban J connectivity index is 4.58. The van der Waals surface area contributed by atoms with E-state index < -0.39 is 20.0 Å². The molecule has 250 valence electrons. The van der Waals surface area contributed by atoms with Gasteiger partial charge in [-0.2, -0.15) is 0 Å². The number of carbonyl (C=O) groups excluding carboxylic acids is 1. The highest BCUT2D eigenvalue weighted by molar-refractivity contribution is 7.47. The second-order valence-electron chi connectivity index (χ2n) is 12.9. The van der Waals surface area contributed by atoms with E-state index >= 15 is 0 Å². The maximum Gasteiger partial charge on any atom is 0.472 e. The Kier molecular flexibility index (Phi) is 26.1. The molecule has 0 aromatic rings. The summed E-state index contributed by atoms with van der Waals surface area (Å²) >= 11 is 0. The number of hydrogen-bond acceptors (Lipinski definition) is 5. The molecule has 42 heavy (non-hydrogen) atoms. The first-order valence-corrected chi connectivity index (χ1v) is 18.6. The number of unbranched alkanes of at least 4 members (excludes halogenated alkanes) is 17. The number of amides is 1. The summed E-state index contributed by atoms with van der Waals surface area (Å²) in [6.45, 7) is 4.73. The van der Waals surface area contributed by atoms with Crippen molar-refractivity contribution in [1.29, 1.82) is 0 Å². The first kappa shape index (κ1) is 41.2. The largest absolute Gasteiger partial charge is 0.472 e. The Morgan fingerprint density at radius 3 is 1.76 bits per heavy atom. The number of phosphoric ester groups is 1. The summed E-state index contributed by atoms with van der Waals surface area (Å²) < 4.78 is 23.3. The lowest BCUT2D eigenvalue weighted by Gasteiger charge is -2.25. The molecular formula is C33H68N2O6P+. The minimum Gasteiger partial charge on any atom is -0.387 e. The molecule has 0 heterocycles. The number of phosphoric acid groups is 1. The van der Waals surface area contributed by atoms with Gasteiger partial charge < -0.3 is 19.8 Å². The van der Waals surface area contributed by atoms with Crippen molar-refractivity contribution in [3.8, 4) is 0 Å². The number of nitrogens with zero attached hydrogens (tertiary/aromatic N) is 1. The third-order valence-corrected chi connectivity index (χ3v) is 8.49. The Labute approximate surface area is 259 Å². The standard InChI is InChI=1S/C33H67N2O6P/c1-6-8-10-12-14-15-16-17-18-19-21-22-24-26-32(36)31(30-41-42(38,39)40-29-28-35(3,4)5)34-33(37)27-25-23-20-13-11-9-7-2/h24,26,31-32,36H,6-23,25,27-30H2,1-5H3,(H-,34,37,38,39)/p+1/b26-24+. The van der Waals surface area contributed by atoms with Gasteiger partial charge in [0.05, 0.1) is 39.9 Å². The van der Waals surface area contributed by atoms with E-state index in [2.05, 4.69) is 19.2 Å². The summed E-state index contributed by atoms with van der Waals surface area (Å²) in [7, 11) is 1.57. The maximum absolute atomic E-state index is 12.6. The number of quaternary nitrogens is 1. The molecule has 0 rings (SSSR count). The highest BCUT2D eigenvalue weighted by atomic mass is 31.2. The Morgan fingerprint density at radius 1 is 0.786 bits per heavy atom. The monoisotopic (exact) mass is 619 g/mol. The molecule has 0 saturated carbocycles. The third kappa shape index (κ3) is 28.0. The van der Waals surface area contributed by atoms with Crippen LogP contribution in [0, 0.1) is 0 Å². The van der Waals surface area contributed by atoms with Crippen LogP contribution in [0.25, 0.3) is 0 Å². The predicted molar refractivity (Wildman–Crippen MR) is 175 cm³/mol. The van der Waals surface area contributed by atoms with Gasteiger partial charge >= 0.3 is 7.82 Å². The molecule has 0 aliphatic rings. The molecule has 0 aromatic heterocycles. The highest BCUT2D eigenvalue weighted by Gasteiger charge is 2.27. The number of aliphatic hydroxyl groups is 1. The zero-order valence-corrected chi connectivity index (χ0v) is 28.9. The van der Waals surface area contributed by atoms with E-state index in [0.29, 0.717) is 17.4 Å². The van der Waals surface area contributed by atoms with Gasteiger partial charge in [-0.1, -0.05) is 129 Å². The Hall–Kier alpha value is -0.760. The smallest absolute Gasteiger partial charge is 0.387 e. The van der Waals surface area contributed by atoms with Crippen LogP contribution in [-0.2, 0) is 18.4 Å². The second-order valence-corrected chi connectivity index (χ2v) is 14.4.